The zero-order chi connectivity index (χ0) is 24.8. The molecule has 0 radical (unpaired) electrons. The van der Waals surface area contributed by atoms with E-state index in [0.29, 0.717) is 12.1 Å². The Bertz CT molecular complexity index is 1100. The van der Waals surface area contributed by atoms with Crippen molar-refractivity contribution in [1.29, 1.82) is 0 Å². The number of carbonyl (C=O) groups is 2. The summed E-state index contributed by atoms with van der Waals surface area (Å²) in [4.78, 5) is 28.9. The molecular weight excluding hydrogens is 458 g/mol. The maximum atomic E-state index is 13.9. The summed E-state index contributed by atoms with van der Waals surface area (Å²) >= 11 is 0. The summed E-state index contributed by atoms with van der Waals surface area (Å²) < 4.78 is 81.4. The van der Waals surface area contributed by atoms with E-state index in [-0.39, 0.29) is 24.2 Å². The molecule has 2 unspecified atom stereocenters. The number of carbonyl (C=O) groups excluding carboxylic acids is 1. The Balaban J connectivity index is 1.85. The monoisotopic (exact) mass is 478 g/mol. The molecule has 0 bridgehead atoms. The van der Waals surface area contributed by atoms with Crippen molar-refractivity contribution in [3.63, 3.8) is 0 Å². The third-order valence-electron chi connectivity index (χ3n) is 5.50. The zero-order valence-corrected chi connectivity index (χ0v) is 17.5. The van der Waals surface area contributed by atoms with Gasteiger partial charge in [-0.1, -0.05) is 0 Å². The smallest absolute Gasteiger partial charge is 0.449 e. The molecule has 180 valence electrons. The van der Waals surface area contributed by atoms with Crippen molar-refractivity contribution in [2.45, 2.75) is 51.0 Å². The first-order valence-corrected chi connectivity index (χ1v) is 9.83. The predicted molar refractivity (Wildman–Crippen MR) is 102 cm³/mol. The second-order valence-corrected chi connectivity index (χ2v) is 7.94. The highest BCUT2D eigenvalue weighted by Gasteiger charge is 2.45. The molecule has 2 aromatic rings. The van der Waals surface area contributed by atoms with Gasteiger partial charge in [0.2, 0.25) is 11.7 Å². The number of alkyl halides is 3. The van der Waals surface area contributed by atoms with E-state index in [2.05, 4.69) is 4.98 Å². The van der Waals surface area contributed by atoms with Crippen molar-refractivity contribution >= 4 is 11.9 Å². The molecule has 0 saturated carbocycles. The maximum Gasteiger partial charge on any atom is 0.449 e. The number of halogens is 6. The van der Waals surface area contributed by atoms with Gasteiger partial charge in [-0.25, -0.2) is 22.9 Å². The largest absolute Gasteiger partial charge is 0.476 e. The van der Waals surface area contributed by atoms with Gasteiger partial charge in [0.15, 0.2) is 17.3 Å². The van der Waals surface area contributed by atoms with Crippen molar-refractivity contribution in [2.24, 2.45) is 5.73 Å². The Morgan fingerprint density at radius 1 is 1.18 bits per heavy atom. The number of imidazole rings is 1. The Labute approximate surface area is 183 Å². The van der Waals surface area contributed by atoms with E-state index in [1.165, 1.54) is 18.7 Å². The SMILES string of the molecule is CC1c2c(C(=O)O)nc(C(F)(F)F)n2C(C)CN1C(=O)C[C@H](N)Cc1cc(F)c(F)cc1F. The minimum Gasteiger partial charge on any atom is -0.476 e. The van der Waals surface area contributed by atoms with Gasteiger partial charge in [-0.2, -0.15) is 13.2 Å². The number of amides is 1. The zero-order valence-electron chi connectivity index (χ0n) is 17.5. The summed E-state index contributed by atoms with van der Waals surface area (Å²) in [6.45, 7) is 2.57. The van der Waals surface area contributed by atoms with Crippen LogP contribution in [-0.4, -0.2) is 44.0 Å². The highest BCUT2D eigenvalue weighted by molar-refractivity contribution is 5.87. The van der Waals surface area contributed by atoms with Crippen LogP contribution in [0.2, 0.25) is 0 Å². The Hall–Kier alpha value is -3.09. The van der Waals surface area contributed by atoms with Crippen LogP contribution in [0, 0.1) is 17.5 Å². The third-order valence-corrected chi connectivity index (χ3v) is 5.50. The van der Waals surface area contributed by atoms with E-state index in [9.17, 15) is 41.0 Å². The lowest BCUT2D eigenvalue weighted by molar-refractivity contribution is -0.149. The van der Waals surface area contributed by atoms with Gasteiger partial charge in [0.1, 0.15) is 5.82 Å². The lowest BCUT2D eigenvalue weighted by Crippen LogP contribution is -2.45. The highest BCUT2D eigenvalue weighted by atomic mass is 19.4. The molecule has 0 aliphatic carbocycles. The average molecular weight is 478 g/mol. The number of carboxylic acid groups (broad SMARTS) is 1. The second-order valence-electron chi connectivity index (χ2n) is 7.94. The molecule has 3 rings (SSSR count). The summed E-state index contributed by atoms with van der Waals surface area (Å²) in [5.41, 5.74) is 4.56. The first kappa shape index (κ1) is 24.6. The number of nitrogens with two attached hydrogens (primary N) is 1. The fourth-order valence-corrected chi connectivity index (χ4v) is 4.05. The number of benzene rings is 1. The number of carboxylic acids is 1. The van der Waals surface area contributed by atoms with Crippen LogP contribution < -0.4 is 5.73 Å². The molecule has 2 heterocycles. The number of nitrogens with zero attached hydrogens (tertiary/aromatic N) is 3. The van der Waals surface area contributed by atoms with Crippen LogP contribution in [0.1, 0.15) is 59.9 Å². The second kappa shape index (κ2) is 8.69. The van der Waals surface area contributed by atoms with E-state index in [1.54, 1.807) is 0 Å². The van der Waals surface area contributed by atoms with E-state index in [4.69, 9.17) is 5.73 Å². The van der Waals surface area contributed by atoms with Crippen molar-refractivity contribution in [3.8, 4) is 0 Å². The van der Waals surface area contributed by atoms with E-state index >= 15 is 0 Å². The van der Waals surface area contributed by atoms with Gasteiger partial charge in [0.05, 0.1) is 17.8 Å². The molecule has 3 N–H and O–H groups in total. The molecule has 7 nitrogen and oxygen atoms in total. The van der Waals surface area contributed by atoms with Gasteiger partial charge >= 0.3 is 12.1 Å². The predicted octanol–water partition coefficient (Wildman–Crippen LogP) is 3.44. The number of rotatable bonds is 5. The van der Waals surface area contributed by atoms with Gasteiger partial charge < -0.3 is 20.3 Å². The van der Waals surface area contributed by atoms with Gasteiger partial charge in [0, 0.05) is 25.1 Å². The van der Waals surface area contributed by atoms with Crippen LogP contribution in [0.5, 0.6) is 0 Å². The Kier molecular flexibility index (Phi) is 6.46. The van der Waals surface area contributed by atoms with E-state index in [1.807, 2.05) is 0 Å². The molecule has 1 amide bonds. The summed E-state index contributed by atoms with van der Waals surface area (Å²) in [6, 6.07) is -2.04. The summed E-state index contributed by atoms with van der Waals surface area (Å²) in [6.07, 6.45) is -5.60. The van der Waals surface area contributed by atoms with E-state index in [0.717, 1.165) is 4.57 Å². The topological polar surface area (TPSA) is 101 Å². The Morgan fingerprint density at radius 3 is 2.36 bits per heavy atom. The third kappa shape index (κ3) is 4.68. The molecule has 13 heteroatoms. The molecule has 0 spiro atoms. The van der Waals surface area contributed by atoms with Crippen molar-refractivity contribution in [3.05, 3.63) is 52.4 Å². The molecule has 1 aromatic heterocycles. The number of hydrogen-bond acceptors (Lipinski definition) is 4. The normalized spacial score (nSPS) is 19.4. The molecule has 0 fully saturated rings. The summed E-state index contributed by atoms with van der Waals surface area (Å²) in [7, 11) is 0. The van der Waals surface area contributed by atoms with Crippen LogP contribution in [0.4, 0.5) is 26.3 Å². The highest BCUT2D eigenvalue weighted by Crippen LogP contribution is 2.40. The molecule has 1 aromatic carbocycles. The Morgan fingerprint density at radius 2 is 1.79 bits per heavy atom. The standard InChI is InChI=1S/C20H20F6N4O3/c1-8-7-29(9(2)17-16(18(32)33)28-19(30(8)17)20(24,25)26)15(31)5-11(27)3-10-4-13(22)14(23)6-12(10)21/h4,6,8-9,11H,3,5,7,27H2,1-2H3,(H,32,33)/t8?,9?,11-/m1/s1. The first-order chi connectivity index (χ1) is 15.2. The summed E-state index contributed by atoms with van der Waals surface area (Å²) in [5.74, 6) is -7.35. The fourth-order valence-electron chi connectivity index (χ4n) is 4.05. The van der Waals surface area contributed by atoms with Crippen molar-refractivity contribution in [2.75, 3.05) is 6.54 Å². The molecule has 3 atom stereocenters. The van der Waals surface area contributed by atoms with Gasteiger partial charge in [-0.05, 0) is 31.9 Å². The first-order valence-electron chi connectivity index (χ1n) is 9.83. The molecule has 1 aliphatic heterocycles. The molecule has 33 heavy (non-hydrogen) atoms. The molecular formula is C20H20F6N4O3. The lowest BCUT2D eigenvalue weighted by Gasteiger charge is -2.39. The lowest BCUT2D eigenvalue weighted by atomic mass is 10.0. The van der Waals surface area contributed by atoms with Crippen LogP contribution >= 0.6 is 0 Å². The fraction of sp³-hybridized carbons (Fsp3) is 0.450. The average Bonchev–Trinajstić information content (AvgIpc) is 3.11. The van der Waals surface area contributed by atoms with Crippen LogP contribution in [0.25, 0.3) is 0 Å². The minimum atomic E-state index is -4.90. The van der Waals surface area contributed by atoms with Crippen LogP contribution in [-0.2, 0) is 17.4 Å². The van der Waals surface area contributed by atoms with E-state index < -0.39 is 71.6 Å². The number of aromatic carboxylic acids is 1. The molecule has 0 saturated heterocycles. The van der Waals surface area contributed by atoms with Gasteiger partial charge in [-0.3, -0.25) is 4.79 Å². The summed E-state index contributed by atoms with van der Waals surface area (Å²) in [5, 5.41) is 9.37. The minimum absolute atomic E-state index is 0.183. The number of aromatic nitrogens is 2. The quantitative estimate of drug-likeness (QED) is 0.507. The van der Waals surface area contributed by atoms with Crippen molar-refractivity contribution in [1.82, 2.24) is 14.5 Å². The number of fused-ring (bicyclic) bond motifs is 1. The van der Waals surface area contributed by atoms with Crippen LogP contribution in [0.3, 0.4) is 0 Å². The maximum absolute atomic E-state index is 13.9. The van der Waals surface area contributed by atoms with Gasteiger partial charge in [0.25, 0.3) is 0 Å². The number of hydrogen-bond donors (Lipinski definition) is 2. The molecule has 1 aliphatic rings. The van der Waals surface area contributed by atoms with Crippen LogP contribution in [0.15, 0.2) is 12.1 Å². The van der Waals surface area contributed by atoms with Gasteiger partial charge in [-0.15, -0.1) is 0 Å². The van der Waals surface area contributed by atoms with Crippen molar-refractivity contribution < 1.29 is 41.0 Å².